The topological polar surface area (TPSA) is 181 Å². The van der Waals surface area contributed by atoms with E-state index in [1.807, 2.05) is 0 Å². The second kappa shape index (κ2) is 11.7. The highest BCUT2D eigenvalue weighted by molar-refractivity contribution is 5.97. The summed E-state index contributed by atoms with van der Waals surface area (Å²) in [4.78, 5) is 58.2. The number of esters is 2. The van der Waals surface area contributed by atoms with Crippen LogP contribution in [0.3, 0.4) is 0 Å². The molecule has 186 valence electrons. The number of carbonyl (C=O) groups excluding carboxylic acids is 3. The van der Waals surface area contributed by atoms with Gasteiger partial charge < -0.3 is 30.8 Å². The van der Waals surface area contributed by atoms with Crippen LogP contribution < -0.4 is 21.9 Å². The molecule has 0 spiro atoms. The van der Waals surface area contributed by atoms with Crippen molar-refractivity contribution >= 4 is 40.5 Å². The standard InChI is InChI=1S/C23H28N6O6/c1-3-34-17(30)10-9-16(22(33)35-4-2)27-20(31)13-5-7-15(8-6-13)25-11-14-12-26-19-18(14)21(32)29-23(24)28-19/h5-8,12,16,25H,3-4,9-11H2,1-2H3,(H,27,31)(H4,24,26,28,29,32)/t16-/m0/s1. The van der Waals surface area contributed by atoms with Crippen LogP contribution in [0.1, 0.15) is 42.6 Å². The molecule has 6 N–H and O–H groups in total. The van der Waals surface area contributed by atoms with Gasteiger partial charge in [-0.25, -0.2) is 4.79 Å². The molecular weight excluding hydrogens is 456 g/mol. The van der Waals surface area contributed by atoms with Gasteiger partial charge in [0.05, 0.1) is 18.6 Å². The molecule has 12 heteroatoms. The lowest BCUT2D eigenvalue weighted by Gasteiger charge is -2.17. The molecule has 1 amide bonds. The van der Waals surface area contributed by atoms with Crippen LogP contribution >= 0.6 is 0 Å². The van der Waals surface area contributed by atoms with E-state index in [4.69, 9.17) is 15.2 Å². The van der Waals surface area contributed by atoms with Crippen molar-refractivity contribution in [3.05, 3.63) is 51.9 Å². The number of nitrogens with one attached hydrogen (secondary N) is 4. The van der Waals surface area contributed by atoms with E-state index in [0.29, 0.717) is 34.4 Å². The second-order valence-corrected chi connectivity index (χ2v) is 7.54. The van der Waals surface area contributed by atoms with Gasteiger partial charge in [0.1, 0.15) is 11.7 Å². The van der Waals surface area contributed by atoms with E-state index in [0.717, 1.165) is 0 Å². The number of carbonyl (C=O) groups is 3. The molecule has 3 rings (SSSR count). The summed E-state index contributed by atoms with van der Waals surface area (Å²) < 4.78 is 9.89. The highest BCUT2D eigenvalue weighted by Crippen LogP contribution is 2.16. The van der Waals surface area contributed by atoms with Gasteiger partial charge in [0.25, 0.3) is 11.5 Å². The molecule has 0 aliphatic carbocycles. The zero-order valence-electron chi connectivity index (χ0n) is 19.5. The van der Waals surface area contributed by atoms with Crippen molar-refractivity contribution in [1.82, 2.24) is 20.3 Å². The van der Waals surface area contributed by atoms with Gasteiger partial charge in [-0.05, 0) is 44.5 Å². The largest absolute Gasteiger partial charge is 0.466 e. The third-order valence-electron chi connectivity index (χ3n) is 5.09. The lowest BCUT2D eigenvalue weighted by Crippen LogP contribution is -2.42. The number of amides is 1. The summed E-state index contributed by atoms with van der Waals surface area (Å²) in [5, 5.41) is 6.21. The Hall–Kier alpha value is -4.35. The number of H-pyrrole nitrogens is 2. The van der Waals surface area contributed by atoms with Crippen molar-refractivity contribution in [3.63, 3.8) is 0 Å². The summed E-state index contributed by atoms with van der Waals surface area (Å²) in [5.41, 5.74) is 7.36. The number of rotatable bonds is 11. The van der Waals surface area contributed by atoms with Gasteiger partial charge in [-0.3, -0.25) is 19.4 Å². The normalized spacial score (nSPS) is 11.6. The summed E-state index contributed by atoms with van der Waals surface area (Å²) in [6.07, 6.45) is 1.71. The molecule has 2 heterocycles. The Kier molecular flexibility index (Phi) is 8.43. The van der Waals surface area contributed by atoms with E-state index < -0.39 is 23.9 Å². The number of nitrogens with zero attached hydrogens (tertiary/aromatic N) is 1. The van der Waals surface area contributed by atoms with Crippen LogP contribution in [0, 0.1) is 0 Å². The van der Waals surface area contributed by atoms with Gasteiger partial charge in [0, 0.05) is 36.0 Å². The van der Waals surface area contributed by atoms with E-state index in [-0.39, 0.29) is 37.6 Å². The van der Waals surface area contributed by atoms with Crippen molar-refractivity contribution < 1.29 is 23.9 Å². The lowest BCUT2D eigenvalue weighted by atomic mass is 10.1. The maximum absolute atomic E-state index is 12.7. The fourth-order valence-electron chi connectivity index (χ4n) is 3.43. The minimum absolute atomic E-state index is 0.0285. The van der Waals surface area contributed by atoms with Crippen molar-refractivity contribution in [1.29, 1.82) is 0 Å². The third-order valence-corrected chi connectivity index (χ3v) is 5.09. The van der Waals surface area contributed by atoms with E-state index in [1.54, 1.807) is 44.3 Å². The molecule has 2 aromatic heterocycles. The molecule has 0 saturated carbocycles. The minimum atomic E-state index is -0.979. The molecule has 12 nitrogen and oxygen atoms in total. The van der Waals surface area contributed by atoms with Crippen LogP contribution in [0.2, 0.25) is 0 Å². The van der Waals surface area contributed by atoms with Gasteiger partial charge in [0.15, 0.2) is 0 Å². The van der Waals surface area contributed by atoms with Crippen LogP contribution in [-0.4, -0.2) is 52.1 Å². The molecule has 0 radical (unpaired) electrons. The van der Waals surface area contributed by atoms with E-state index in [9.17, 15) is 19.2 Å². The molecule has 0 aliphatic heterocycles. The van der Waals surface area contributed by atoms with Gasteiger partial charge in [-0.1, -0.05) is 0 Å². The van der Waals surface area contributed by atoms with Gasteiger partial charge >= 0.3 is 11.9 Å². The summed E-state index contributed by atoms with van der Waals surface area (Å²) in [7, 11) is 0. The smallest absolute Gasteiger partial charge is 0.328 e. The SMILES string of the molecule is CCOC(=O)CC[C@H](NC(=O)c1ccc(NCc2c[nH]c3nc(N)[nH]c(=O)c23)cc1)C(=O)OCC. The number of anilines is 2. The number of nitrogens with two attached hydrogens (primary N) is 1. The first-order valence-corrected chi connectivity index (χ1v) is 11.1. The number of hydrogen-bond acceptors (Lipinski definition) is 9. The minimum Gasteiger partial charge on any atom is -0.466 e. The molecule has 35 heavy (non-hydrogen) atoms. The number of aromatic amines is 2. The lowest BCUT2D eigenvalue weighted by molar-refractivity contribution is -0.146. The summed E-state index contributed by atoms with van der Waals surface area (Å²) in [5.74, 6) is -1.52. The molecule has 0 bridgehead atoms. The number of ether oxygens (including phenoxy) is 2. The fraction of sp³-hybridized carbons (Fsp3) is 0.348. The zero-order valence-corrected chi connectivity index (χ0v) is 19.5. The summed E-state index contributed by atoms with van der Waals surface area (Å²) >= 11 is 0. The molecular formula is C23H28N6O6. The number of nitrogen functional groups attached to an aromatic ring is 1. The van der Waals surface area contributed by atoms with Gasteiger partial charge in [0.2, 0.25) is 5.95 Å². The van der Waals surface area contributed by atoms with Crippen molar-refractivity contribution in [2.45, 2.75) is 39.3 Å². The number of benzene rings is 1. The van der Waals surface area contributed by atoms with E-state index >= 15 is 0 Å². The Morgan fingerprint density at radius 2 is 1.83 bits per heavy atom. The molecule has 0 unspecified atom stereocenters. The fourth-order valence-corrected chi connectivity index (χ4v) is 3.43. The van der Waals surface area contributed by atoms with Crippen molar-refractivity contribution in [2.24, 2.45) is 0 Å². The van der Waals surface area contributed by atoms with E-state index in [1.165, 1.54) is 0 Å². The third kappa shape index (κ3) is 6.59. The summed E-state index contributed by atoms with van der Waals surface area (Å²) in [6, 6.07) is 5.60. The first kappa shape index (κ1) is 25.3. The van der Waals surface area contributed by atoms with E-state index in [2.05, 4.69) is 25.6 Å². The predicted octanol–water partition coefficient (Wildman–Crippen LogP) is 1.45. The molecule has 1 aromatic carbocycles. The molecule has 1 atom stereocenters. The Morgan fingerprint density at radius 3 is 2.51 bits per heavy atom. The van der Waals surface area contributed by atoms with Crippen LogP contribution in [0.4, 0.5) is 11.6 Å². The van der Waals surface area contributed by atoms with Gasteiger partial charge in [-0.15, -0.1) is 0 Å². The maximum Gasteiger partial charge on any atom is 0.328 e. The van der Waals surface area contributed by atoms with Crippen LogP contribution in [0.5, 0.6) is 0 Å². The molecule has 0 fully saturated rings. The first-order valence-electron chi connectivity index (χ1n) is 11.1. The Bertz CT molecular complexity index is 1250. The number of aromatic nitrogens is 3. The number of hydrogen-bond donors (Lipinski definition) is 5. The average molecular weight is 485 g/mol. The Morgan fingerprint density at radius 1 is 1.11 bits per heavy atom. The van der Waals surface area contributed by atoms with Crippen LogP contribution in [0.25, 0.3) is 11.0 Å². The highest BCUT2D eigenvalue weighted by atomic mass is 16.5. The molecule has 0 saturated heterocycles. The van der Waals surface area contributed by atoms with Crippen LogP contribution in [-0.2, 0) is 25.6 Å². The van der Waals surface area contributed by atoms with Crippen LogP contribution in [0.15, 0.2) is 35.3 Å². The molecule has 3 aromatic rings. The van der Waals surface area contributed by atoms with Crippen molar-refractivity contribution in [3.8, 4) is 0 Å². The average Bonchev–Trinajstić information content (AvgIpc) is 3.24. The maximum atomic E-state index is 12.7. The quantitative estimate of drug-likeness (QED) is 0.252. The second-order valence-electron chi connectivity index (χ2n) is 7.54. The molecule has 0 aliphatic rings. The van der Waals surface area contributed by atoms with Crippen molar-refractivity contribution in [2.75, 3.05) is 24.3 Å². The first-order chi connectivity index (χ1) is 16.8. The Labute approximate surface area is 200 Å². The highest BCUT2D eigenvalue weighted by Gasteiger charge is 2.24. The predicted molar refractivity (Wildman–Crippen MR) is 129 cm³/mol. The monoisotopic (exact) mass is 484 g/mol. The van der Waals surface area contributed by atoms with Gasteiger partial charge in [-0.2, -0.15) is 4.98 Å². The number of fused-ring (bicyclic) bond motifs is 1. The zero-order chi connectivity index (χ0) is 25.4. The Balaban J connectivity index is 1.62. The summed E-state index contributed by atoms with van der Waals surface area (Å²) in [6.45, 7) is 4.06.